The Balaban J connectivity index is 1.79. The van der Waals surface area contributed by atoms with Gasteiger partial charge in [-0.25, -0.2) is 9.37 Å². The number of nitrogens with one attached hydrogen (secondary N) is 1. The third kappa shape index (κ3) is 4.34. The predicted molar refractivity (Wildman–Crippen MR) is 106 cm³/mol. The van der Waals surface area contributed by atoms with Crippen molar-refractivity contribution in [2.75, 3.05) is 6.61 Å². The molecule has 0 fully saturated rings. The lowest BCUT2D eigenvalue weighted by Crippen LogP contribution is -2.35. The highest BCUT2D eigenvalue weighted by molar-refractivity contribution is 6.30. The summed E-state index contributed by atoms with van der Waals surface area (Å²) >= 11 is 6.03. The van der Waals surface area contributed by atoms with Crippen LogP contribution in [0.3, 0.4) is 0 Å². The molecule has 0 aliphatic carbocycles. The maximum Gasteiger partial charge on any atom is 0.258 e. The first-order valence-electron chi connectivity index (χ1n) is 8.77. The summed E-state index contributed by atoms with van der Waals surface area (Å²) < 4.78 is 21.8. The summed E-state index contributed by atoms with van der Waals surface area (Å²) in [5, 5.41) is 3.44. The van der Waals surface area contributed by atoms with Crippen LogP contribution >= 0.6 is 11.6 Å². The average molecular weight is 402 g/mol. The molecule has 1 heterocycles. The minimum absolute atomic E-state index is 0.210. The molecule has 7 heteroatoms. The Kier molecular flexibility index (Phi) is 5.99. The molecule has 0 aliphatic heterocycles. The Morgan fingerprint density at radius 1 is 1.29 bits per heavy atom. The molecule has 146 valence electrons. The monoisotopic (exact) mass is 401 g/mol. The lowest BCUT2D eigenvalue weighted by molar-refractivity contribution is -0.123. The summed E-state index contributed by atoms with van der Waals surface area (Å²) in [6.45, 7) is 3.52. The van der Waals surface area contributed by atoms with E-state index in [1.807, 2.05) is 13.8 Å². The van der Waals surface area contributed by atoms with Crippen molar-refractivity contribution >= 4 is 17.5 Å². The maximum atomic E-state index is 14.4. The van der Waals surface area contributed by atoms with Gasteiger partial charge in [0.05, 0.1) is 0 Å². The lowest BCUT2D eigenvalue weighted by Gasteiger charge is -2.20. The van der Waals surface area contributed by atoms with Crippen LogP contribution in [0, 0.1) is 19.7 Å². The maximum absolute atomic E-state index is 14.4. The van der Waals surface area contributed by atoms with Crippen molar-refractivity contribution in [3.8, 4) is 5.75 Å². The molecule has 28 heavy (non-hydrogen) atoms. The van der Waals surface area contributed by atoms with Gasteiger partial charge in [-0.2, -0.15) is 0 Å². The number of carbonyl (C=O) groups is 1. The molecule has 0 saturated heterocycles. The predicted octanol–water partition coefficient (Wildman–Crippen LogP) is 4.11. The minimum atomic E-state index is -0.732. The fourth-order valence-electron chi connectivity index (χ4n) is 3.11. The molecule has 0 aliphatic rings. The van der Waals surface area contributed by atoms with Crippen LogP contribution in [0.25, 0.3) is 0 Å². The van der Waals surface area contributed by atoms with E-state index in [2.05, 4.69) is 10.3 Å². The van der Waals surface area contributed by atoms with Crippen molar-refractivity contribution in [1.82, 2.24) is 14.9 Å². The second-order valence-electron chi connectivity index (χ2n) is 6.58. The number of benzene rings is 2. The van der Waals surface area contributed by atoms with Crippen molar-refractivity contribution in [2.45, 2.75) is 19.9 Å². The van der Waals surface area contributed by atoms with Crippen LogP contribution < -0.4 is 10.1 Å². The largest absolute Gasteiger partial charge is 0.483 e. The molecular weight excluding hydrogens is 381 g/mol. The number of ether oxygens (including phenoxy) is 1. The summed E-state index contributed by atoms with van der Waals surface area (Å²) in [5.74, 6) is 0.336. The number of amides is 1. The van der Waals surface area contributed by atoms with E-state index in [1.54, 1.807) is 54.3 Å². The van der Waals surface area contributed by atoms with Crippen LogP contribution in [0.2, 0.25) is 5.02 Å². The number of hydrogen-bond donors (Lipinski definition) is 1. The van der Waals surface area contributed by atoms with Gasteiger partial charge in [0.1, 0.15) is 23.4 Å². The molecular formula is C21H21ClFN3O2. The smallest absolute Gasteiger partial charge is 0.258 e. The summed E-state index contributed by atoms with van der Waals surface area (Å²) in [6.07, 6.45) is 3.35. The average Bonchev–Trinajstić information content (AvgIpc) is 3.05. The third-order valence-corrected chi connectivity index (χ3v) is 4.63. The molecule has 2 aromatic carbocycles. The van der Waals surface area contributed by atoms with Crippen molar-refractivity contribution in [1.29, 1.82) is 0 Å². The summed E-state index contributed by atoms with van der Waals surface area (Å²) in [5.41, 5.74) is 2.02. The number of aryl methyl sites for hydroxylation is 3. The van der Waals surface area contributed by atoms with E-state index in [0.717, 1.165) is 11.1 Å². The van der Waals surface area contributed by atoms with E-state index in [4.69, 9.17) is 16.3 Å². The number of imidazole rings is 1. The van der Waals surface area contributed by atoms with Crippen LogP contribution in [0.4, 0.5) is 4.39 Å². The number of halogens is 2. The van der Waals surface area contributed by atoms with Crippen LogP contribution in [0.1, 0.15) is 28.6 Å². The molecule has 0 bridgehead atoms. The Morgan fingerprint density at radius 3 is 2.57 bits per heavy atom. The quantitative estimate of drug-likeness (QED) is 0.676. The number of hydrogen-bond acceptors (Lipinski definition) is 3. The number of aromatic nitrogens is 2. The Bertz CT molecular complexity index is 980. The van der Waals surface area contributed by atoms with E-state index >= 15 is 0 Å². The summed E-state index contributed by atoms with van der Waals surface area (Å²) in [6, 6.07) is 9.13. The highest BCUT2D eigenvalue weighted by atomic mass is 35.5. The zero-order valence-electron chi connectivity index (χ0n) is 15.9. The molecule has 1 aromatic heterocycles. The van der Waals surface area contributed by atoms with Gasteiger partial charge in [0, 0.05) is 30.0 Å². The van der Waals surface area contributed by atoms with E-state index in [1.165, 1.54) is 6.07 Å². The molecule has 0 saturated carbocycles. The number of carbonyl (C=O) groups excluding carboxylic acids is 1. The summed E-state index contributed by atoms with van der Waals surface area (Å²) in [7, 11) is 1.79. The molecule has 3 rings (SSSR count). The fraction of sp³-hybridized carbons (Fsp3) is 0.238. The van der Waals surface area contributed by atoms with E-state index in [0.29, 0.717) is 22.2 Å². The zero-order chi connectivity index (χ0) is 20.3. The third-order valence-electron chi connectivity index (χ3n) is 4.41. The van der Waals surface area contributed by atoms with Crippen molar-refractivity contribution in [3.63, 3.8) is 0 Å². The number of nitrogens with zero attached hydrogens (tertiary/aromatic N) is 2. The van der Waals surface area contributed by atoms with Gasteiger partial charge in [0.25, 0.3) is 5.91 Å². The van der Waals surface area contributed by atoms with Gasteiger partial charge in [0.15, 0.2) is 6.61 Å². The van der Waals surface area contributed by atoms with Crippen molar-refractivity contribution < 1.29 is 13.9 Å². The SMILES string of the molecule is Cc1cc(Cl)cc(C)c1OCC(=O)NC(c1ccccc1F)c1nccn1C. The molecule has 3 aromatic rings. The van der Waals surface area contributed by atoms with E-state index < -0.39 is 11.9 Å². The minimum Gasteiger partial charge on any atom is -0.483 e. The molecule has 5 nitrogen and oxygen atoms in total. The second-order valence-corrected chi connectivity index (χ2v) is 7.01. The first-order valence-corrected chi connectivity index (χ1v) is 9.15. The fourth-order valence-corrected chi connectivity index (χ4v) is 3.44. The Labute approximate surface area is 168 Å². The number of rotatable bonds is 6. The first kappa shape index (κ1) is 19.9. The Hall–Kier alpha value is -2.86. The van der Waals surface area contributed by atoms with Gasteiger partial charge < -0.3 is 14.6 Å². The lowest BCUT2D eigenvalue weighted by atomic mass is 10.1. The van der Waals surface area contributed by atoms with Crippen molar-refractivity contribution in [2.24, 2.45) is 7.05 Å². The molecule has 0 radical (unpaired) electrons. The van der Waals surface area contributed by atoms with Gasteiger partial charge in [-0.05, 0) is 43.2 Å². The zero-order valence-corrected chi connectivity index (χ0v) is 16.6. The molecule has 0 spiro atoms. The molecule has 1 atom stereocenters. The molecule has 1 N–H and O–H groups in total. The molecule has 1 amide bonds. The normalized spacial score (nSPS) is 11.9. The van der Waals surface area contributed by atoms with Gasteiger partial charge in [-0.1, -0.05) is 29.8 Å². The van der Waals surface area contributed by atoms with Gasteiger partial charge in [-0.15, -0.1) is 0 Å². The highest BCUT2D eigenvalue weighted by Gasteiger charge is 2.23. The molecule has 1 unspecified atom stereocenters. The summed E-state index contributed by atoms with van der Waals surface area (Å²) in [4.78, 5) is 16.9. The highest BCUT2D eigenvalue weighted by Crippen LogP contribution is 2.27. The van der Waals surface area contributed by atoms with E-state index in [9.17, 15) is 9.18 Å². The Morgan fingerprint density at radius 2 is 1.96 bits per heavy atom. The standard InChI is InChI=1S/C21H21ClFN3O2/c1-13-10-15(22)11-14(2)20(13)28-12-18(27)25-19(21-24-8-9-26(21)3)16-6-4-5-7-17(16)23/h4-11,19H,12H2,1-3H3,(H,25,27). The van der Waals surface area contributed by atoms with Crippen LogP contribution in [-0.4, -0.2) is 22.1 Å². The van der Waals surface area contributed by atoms with Crippen LogP contribution in [-0.2, 0) is 11.8 Å². The van der Waals surface area contributed by atoms with Crippen molar-refractivity contribution in [3.05, 3.63) is 82.1 Å². The van der Waals surface area contributed by atoms with Gasteiger partial charge in [-0.3, -0.25) is 4.79 Å². The topological polar surface area (TPSA) is 56.1 Å². The van der Waals surface area contributed by atoms with E-state index in [-0.39, 0.29) is 12.5 Å². The first-order chi connectivity index (χ1) is 13.4. The van der Waals surface area contributed by atoms with Crippen LogP contribution in [0.5, 0.6) is 5.75 Å². The van der Waals surface area contributed by atoms with Gasteiger partial charge >= 0.3 is 0 Å². The van der Waals surface area contributed by atoms with Gasteiger partial charge in [0.2, 0.25) is 0 Å². The second kappa shape index (κ2) is 8.44. The van der Waals surface area contributed by atoms with Crippen LogP contribution in [0.15, 0.2) is 48.8 Å².